The van der Waals surface area contributed by atoms with Crippen LogP contribution in [0.2, 0.25) is 0 Å². The van der Waals surface area contributed by atoms with E-state index < -0.39 is 66.8 Å². The molecular weight excluding hydrogens is 851 g/mol. The maximum Gasteiger partial charge on any atom is 0.341 e. The Kier molecular flexibility index (Phi) is 13.9. The van der Waals surface area contributed by atoms with Crippen molar-refractivity contribution in [2.24, 2.45) is 11.8 Å². The lowest BCUT2D eigenvalue weighted by atomic mass is 9.88. The van der Waals surface area contributed by atoms with E-state index in [1.807, 2.05) is 0 Å². The molecule has 2 aromatic heterocycles. The topological polar surface area (TPSA) is 201 Å². The van der Waals surface area contributed by atoms with Gasteiger partial charge in [0.15, 0.2) is 13.2 Å². The fraction of sp³-hybridized carbons (Fsp3) is 0.391. The van der Waals surface area contributed by atoms with Gasteiger partial charge in [-0.05, 0) is 99.1 Å². The highest BCUT2D eigenvalue weighted by molar-refractivity contribution is 7.17. The second-order valence-electron chi connectivity index (χ2n) is 15.8. The van der Waals surface area contributed by atoms with Crippen LogP contribution in [-0.2, 0) is 65.4 Å². The Balaban J connectivity index is 1.03. The number of thiophene rings is 2. The van der Waals surface area contributed by atoms with Gasteiger partial charge in [0.2, 0.25) is 0 Å². The van der Waals surface area contributed by atoms with Crippen molar-refractivity contribution in [3.05, 3.63) is 103 Å². The van der Waals surface area contributed by atoms with Crippen LogP contribution >= 0.6 is 22.7 Å². The molecule has 0 bridgehead atoms. The van der Waals surface area contributed by atoms with E-state index in [0.717, 1.165) is 57.5 Å². The molecule has 4 aromatic rings. The summed E-state index contributed by atoms with van der Waals surface area (Å²) in [5.41, 5.74) is 2.49. The Morgan fingerprint density at radius 1 is 0.683 bits per heavy atom. The molecule has 4 amide bonds. The summed E-state index contributed by atoms with van der Waals surface area (Å²) in [6.07, 6.45) is 4.46. The third-order valence-corrected chi connectivity index (χ3v) is 13.5. The van der Waals surface area contributed by atoms with Gasteiger partial charge < -0.3 is 29.6 Å². The number of anilines is 2. The number of ether oxygens (including phenoxy) is 4. The Morgan fingerprint density at radius 3 is 1.75 bits per heavy atom. The van der Waals surface area contributed by atoms with E-state index in [2.05, 4.69) is 24.5 Å². The fourth-order valence-corrected chi connectivity index (χ4v) is 10.9. The lowest BCUT2D eigenvalue weighted by Crippen LogP contribution is -2.47. The summed E-state index contributed by atoms with van der Waals surface area (Å²) >= 11 is 2.58. The molecule has 7 rings (SSSR count). The van der Waals surface area contributed by atoms with Gasteiger partial charge in [0.25, 0.3) is 23.6 Å². The molecule has 17 heteroatoms. The summed E-state index contributed by atoms with van der Waals surface area (Å²) in [6.45, 7) is 6.43. The molecule has 0 fully saturated rings. The molecule has 3 aliphatic rings. The van der Waals surface area contributed by atoms with Crippen molar-refractivity contribution in [2.75, 3.05) is 37.1 Å². The van der Waals surface area contributed by atoms with E-state index in [0.29, 0.717) is 51.4 Å². The summed E-state index contributed by atoms with van der Waals surface area (Å²) < 4.78 is 21.3. The zero-order chi connectivity index (χ0) is 44.9. The number of rotatable bonds is 15. The maximum absolute atomic E-state index is 14.0. The van der Waals surface area contributed by atoms with Gasteiger partial charge in [-0.1, -0.05) is 44.2 Å². The number of hydrogen-bond donors (Lipinski definition) is 2. The molecule has 2 aliphatic carbocycles. The highest BCUT2D eigenvalue weighted by Gasteiger charge is 2.44. The molecule has 3 heterocycles. The molecule has 1 aliphatic heterocycles. The Labute approximate surface area is 371 Å². The maximum atomic E-state index is 14.0. The molecule has 3 unspecified atom stereocenters. The first-order chi connectivity index (χ1) is 30.3. The molecule has 2 aromatic carbocycles. The highest BCUT2D eigenvalue weighted by atomic mass is 32.1. The third kappa shape index (κ3) is 9.74. The van der Waals surface area contributed by atoms with Crippen molar-refractivity contribution in [1.82, 2.24) is 4.90 Å². The molecule has 63 heavy (non-hydrogen) atoms. The number of imide groups is 1. The number of fused-ring (bicyclic) bond motifs is 3. The van der Waals surface area contributed by atoms with Crippen molar-refractivity contribution < 1.29 is 57.3 Å². The van der Waals surface area contributed by atoms with Gasteiger partial charge >= 0.3 is 23.9 Å². The summed E-state index contributed by atoms with van der Waals surface area (Å²) in [4.78, 5) is 110. The normalized spacial score (nSPS) is 16.9. The molecule has 15 nitrogen and oxygen atoms in total. The quantitative estimate of drug-likeness (QED) is 0.0738. The minimum Gasteiger partial charge on any atom is -0.462 e. The first-order valence-corrected chi connectivity index (χ1v) is 22.5. The molecule has 3 atom stereocenters. The van der Waals surface area contributed by atoms with Gasteiger partial charge in [0, 0.05) is 16.2 Å². The first-order valence-electron chi connectivity index (χ1n) is 20.9. The first kappa shape index (κ1) is 44.8. The standard InChI is InChI=1S/C46H47N3O12S2/c1-5-58-45(56)37-29-15-12-24(3)18-33(29)62-39(37)47-35(50)22-60-43(54)27-14-17-28-31(21-27)42(53)49(41(28)52)32(20-26-10-8-7-9-11-26)44(55)61-23-36(51)48-40-38(46(57)59-6-2)30-16-13-25(4)19-34(30)63-40/h7-11,14,17,21,24-25,32H,5-6,12-13,15-16,18-20,22-23H2,1-4H3,(H,47,50)(H,48,51). The van der Waals surface area contributed by atoms with Crippen LogP contribution in [0.3, 0.4) is 0 Å². The van der Waals surface area contributed by atoms with Gasteiger partial charge in [0.05, 0.1) is 41.0 Å². The molecule has 0 saturated carbocycles. The SMILES string of the molecule is CCOC(=O)c1c(NC(=O)COC(=O)c2ccc3c(c2)C(=O)N(C(Cc2ccccc2)C(=O)OCC(=O)Nc2sc4c(c2C(=O)OCC)CCC(C)C4)C3=O)sc2c1CCC(C)C2. The smallest absolute Gasteiger partial charge is 0.341 e. The monoisotopic (exact) mass is 897 g/mol. The van der Waals surface area contributed by atoms with E-state index in [-0.39, 0.29) is 36.3 Å². The van der Waals surface area contributed by atoms with Crippen LogP contribution in [-0.4, -0.2) is 84.9 Å². The van der Waals surface area contributed by atoms with E-state index in [4.69, 9.17) is 18.9 Å². The van der Waals surface area contributed by atoms with E-state index in [1.54, 1.807) is 44.2 Å². The predicted octanol–water partition coefficient (Wildman–Crippen LogP) is 6.60. The van der Waals surface area contributed by atoms with E-state index in [1.165, 1.54) is 34.8 Å². The summed E-state index contributed by atoms with van der Waals surface area (Å²) in [6, 6.07) is 10.8. The minimum atomic E-state index is -1.51. The number of benzene rings is 2. The van der Waals surface area contributed by atoms with Crippen LogP contribution < -0.4 is 10.6 Å². The molecule has 0 saturated heterocycles. The van der Waals surface area contributed by atoms with E-state index >= 15 is 0 Å². The van der Waals surface area contributed by atoms with Crippen molar-refractivity contribution >= 4 is 80.2 Å². The second kappa shape index (κ2) is 19.5. The van der Waals surface area contributed by atoms with Crippen molar-refractivity contribution in [3.63, 3.8) is 0 Å². The number of hydrogen-bond acceptors (Lipinski definition) is 14. The second-order valence-corrected chi connectivity index (χ2v) is 18.0. The van der Waals surface area contributed by atoms with Crippen LogP contribution in [0.5, 0.6) is 0 Å². The lowest BCUT2D eigenvalue weighted by molar-refractivity contribution is -0.151. The molecule has 2 N–H and O–H groups in total. The number of nitrogens with one attached hydrogen (secondary N) is 2. The number of nitrogens with zero attached hydrogens (tertiary/aromatic N) is 1. The fourth-order valence-electron chi connectivity index (χ4n) is 8.08. The zero-order valence-electron chi connectivity index (χ0n) is 35.3. The van der Waals surface area contributed by atoms with Gasteiger partial charge in [-0.3, -0.25) is 24.1 Å². The molecule has 0 radical (unpaired) electrons. The predicted molar refractivity (Wildman–Crippen MR) is 232 cm³/mol. The Morgan fingerprint density at radius 2 is 1.21 bits per heavy atom. The van der Waals surface area contributed by atoms with Crippen LogP contribution in [0.15, 0.2) is 48.5 Å². The van der Waals surface area contributed by atoms with Gasteiger partial charge in [-0.15, -0.1) is 22.7 Å². The van der Waals surface area contributed by atoms with Gasteiger partial charge in [-0.25, -0.2) is 19.2 Å². The number of amides is 4. The van der Waals surface area contributed by atoms with E-state index in [9.17, 15) is 38.4 Å². The number of carbonyl (C=O) groups excluding carboxylic acids is 8. The Hall–Kier alpha value is -6.20. The lowest BCUT2D eigenvalue weighted by Gasteiger charge is -2.24. The zero-order valence-corrected chi connectivity index (χ0v) is 36.9. The molecular formula is C46H47N3O12S2. The minimum absolute atomic E-state index is 0.0807. The number of carbonyl (C=O) groups is 8. The Bertz CT molecular complexity index is 2490. The van der Waals surface area contributed by atoms with Crippen LogP contribution in [0.1, 0.15) is 119 Å². The largest absolute Gasteiger partial charge is 0.462 e. The molecule has 0 spiro atoms. The summed E-state index contributed by atoms with van der Waals surface area (Å²) in [5.74, 6) is -5.41. The summed E-state index contributed by atoms with van der Waals surface area (Å²) in [7, 11) is 0. The average molecular weight is 898 g/mol. The van der Waals surface area contributed by atoms with Crippen LogP contribution in [0, 0.1) is 11.8 Å². The third-order valence-electron chi connectivity index (χ3n) is 11.2. The van der Waals surface area contributed by atoms with Gasteiger partial charge in [-0.2, -0.15) is 0 Å². The van der Waals surface area contributed by atoms with Crippen LogP contribution in [0.4, 0.5) is 10.0 Å². The van der Waals surface area contributed by atoms with Crippen molar-refractivity contribution in [2.45, 2.75) is 78.7 Å². The van der Waals surface area contributed by atoms with Crippen molar-refractivity contribution in [3.8, 4) is 0 Å². The highest BCUT2D eigenvalue weighted by Crippen LogP contribution is 2.41. The number of esters is 4. The average Bonchev–Trinajstić information content (AvgIpc) is 3.88. The van der Waals surface area contributed by atoms with Gasteiger partial charge in [0.1, 0.15) is 16.0 Å². The summed E-state index contributed by atoms with van der Waals surface area (Å²) in [5, 5.41) is 6.01. The molecule has 330 valence electrons. The van der Waals surface area contributed by atoms with Crippen LogP contribution in [0.25, 0.3) is 0 Å². The van der Waals surface area contributed by atoms with Crippen molar-refractivity contribution in [1.29, 1.82) is 0 Å².